The van der Waals surface area contributed by atoms with Crippen LogP contribution in [-0.4, -0.2) is 35.3 Å². The Morgan fingerprint density at radius 2 is 2.04 bits per heavy atom. The first-order valence-corrected chi connectivity index (χ1v) is 7.65. The lowest BCUT2D eigenvalue weighted by Crippen LogP contribution is -2.33. The molecular formula is C16H20F3N3O2. The minimum absolute atomic E-state index is 0.0607. The summed E-state index contributed by atoms with van der Waals surface area (Å²) in [5.74, 6) is 0.303. The number of aromatic nitrogens is 2. The Labute approximate surface area is 137 Å². The molecule has 0 bridgehead atoms. The predicted octanol–water partition coefficient (Wildman–Crippen LogP) is 3.35. The van der Waals surface area contributed by atoms with Crippen LogP contribution in [-0.2, 0) is 9.53 Å². The first kappa shape index (κ1) is 18.3. The molecule has 1 unspecified atom stereocenters. The highest BCUT2D eigenvalue weighted by atomic mass is 19.4. The van der Waals surface area contributed by atoms with Crippen LogP contribution >= 0.6 is 0 Å². The van der Waals surface area contributed by atoms with Crippen molar-refractivity contribution in [3.63, 3.8) is 0 Å². The number of aromatic amines is 1. The number of halogens is 3. The van der Waals surface area contributed by atoms with Gasteiger partial charge in [0.05, 0.1) is 23.7 Å². The Morgan fingerprint density at radius 3 is 2.67 bits per heavy atom. The molecule has 24 heavy (non-hydrogen) atoms. The van der Waals surface area contributed by atoms with E-state index >= 15 is 0 Å². The number of benzene rings is 1. The summed E-state index contributed by atoms with van der Waals surface area (Å²) in [4.78, 5) is 19.6. The van der Waals surface area contributed by atoms with Gasteiger partial charge in [0.2, 0.25) is 5.91 Å². The van der Waals surface area contributed by atoms with E-state index in [9.17, 15) is 18.0 Å². The molecule has 0 saturated heterocycles. The van der Waals surface area contributed by atoms with Crippen molar-refractivity contribution in [3.8, 4) is 0 Å². The average Bonchev–Trinajstić information content (AvgIpc) is 2.91. The number of H-pyrrole nitrogens is 1. The SMILES string of the molecule is CC(C)C(NC(=O)CCOCC(F)(F)F)c1nc2ccccc2[nH]1. The van der Waals surface area contributed by atoms with E-state index in [1.54, 1.807) is 0 Å². The third-order valence-corrected chi connectivity index (χ3v) is 3.42. The molecule has 0 aliphatic heterocycles. The molecule has 2 aromatic rings. The number of ether oxygens (including phenoxy) is 1. The lowest BCUT2D eigenvalue weighted by Gasteiger charge is -2.20. The maximum atomic E-state index is 12.0. The first-order valence-electron chi connectivity index (χ1n) is 7.65. The van der Waals surface area contributed by atoms with Crippen molar-refractivity contribution >= 4 is 16.9 Å². The molecule has 0 aliphatic rings. The Kier molecular flexibility index (Phi) is 5.82. The normalized spacial score (nSPS) is 13.4. The summed E-state index contributed by atoms with van der Waals surface area (Å²) in [6.07, 6.45) is -4.52. The van der Waals surface area contributed by atoms with E-state index in [0.717, 1.165) is 11.0 Å². The maximum absolute atomic E-state index is 12.0. The summed E-state index contributed by atoms with van der Waals surface area (Å²) in [5, 5.41) is 2.80. The number of para-hydroxylation sites is 2. The van der Waals surface area contributed by atoms with Crippen LogP contribution in [0.4, 0.5) is 13.2 Å². The van der Waals surface area contributed by atoms with E-state index in [-0.39, 0.29) is 30.9 Å². The zero-order valence-electron chi connectivity index (χ0n) is 13.5. The average molecular weight is 343 g/mol. The summed E-state index contributed by atoms with van der Waals surface area (Å²) < 4.78 is 40.4. The van der Waals surface area contributed by atoms with E-state index in [4.69, 9.17) is 0 Å². The Hall–Kier alpha value is -2.09. The minimum atomic E-state index is -4.38. The molecule has 1 atom stereocenters. The third-order valence-electron chi connectivity index (χ3n) is 3.42. The lowest BCUT2D eigenvalue weighted by atomic mass is 10.0. The van der Waals surface area contributed by atoms with Gasteiger partial charge in [-0.1, -0.05) is 26.0 Å². The predicted molar refractivity (Wildman–Crippen MR) is 83.3 cm³/mol. The van der Waals surface area contributed by atoms with E-state index in [1.165, 1.54) is 0 Å². The maximum Gasteiger partial charge on any atom is 0.411 e. The van der Waals surface area contributed by atoms with Gasteiger partial charge in [-0.15, -0.1) is 0 Å². The van der Waals surface area contributed by atoms with Gasteiger partial charge in [-0.3, -0.25) is 4.79 Å². The third kappa shape index (κ3) is 5.23. The van der Waals surface area contributed by atoms with Crippen molar-refractivity contribution in [2.45, 2.75) is 32.5 Å². The van der Waals surface area contributed by atoms with Gasteiger partial charge in [0.15, 0.2) is 0 Å². The molecule has 0 fully saturated rings. The molecule has 1 aromatic carbocycles. The second-order valence-electron chi connectivity index (χ2n) is 5.85. The number of alkyl halides is 3. The molecule has 0 aliphatic carbocycles. The van der Waals surface area contributed by atoms with Crippen molar-refractivity contribution in [2.24, 2.45) is 5.92 Å². The summed E-state index contributed by atoms with van der Waals surface area (Å²) in [6, 6.07) is 7.14. The number of rotatable bonds is 7. The van der Waals surface area contributed by atoms with E-state index < -0.39 is 12.8 Å². The van der Waals surface area contributed by atoms with Crippen molar-refractivity contribution in [1.82, 2.24) is 15.3 Å². The van der Waals surface area contributed by atoms with Crippen LogP contribution in [0.1, 0.15) is 32.1 Å². The van der Waals surface area contributed by atoms with Crippen LogP contribution in [0, 0.1) is 5.92 Å². The monoisotopic (exact) mass is 343 g/mol. The molecule has 2 N–H and O–H groups in total. The van der Waals surface area contributed by atoms with E-state index in [0.29, 0.717) is 5.82 Å². The molecule has 2 rings (SSSR count). The lowest BCUT2D eigenvalue weighted by molar-refractivity contribution is -0.174. The van der Waals surface area contributed by atoms with E-state index in [1.807, 2.05) is 38.1 Å². The molecule has 0 saturated carbocycles. The van der Waals surface area contributed by atoms with Crippen molar-refractivity contribution in [3.05, 3.63) is 30.1 Å². The second kappa shape index (κ2) is 7.65. The molecule has 1 heterocycles. The molecule has 1 aromatic heterocycles. The largest absolute Gasteiger partial charge is 0.411 e. The Morgan fingerprint density at radius 1 is 1.33 bits per heavy atom. The van der Waals surface area contributed by atoms with Gasteiger partial charge in [-0.2, -0.15) is 13.2 Å². The zero-order valence-corrected chi connectivity index (χ0v) is 13.5. The fraction of sp³-hybridized carbons (Fsp3) is 0.500. The van der Waals surface area contributed by atoms with Gasteiger partial charge in [0.25, 0.3) is 0 Å². The topological polar surface area (TPSA) is 67.0 Å². The summed E-state index contributed by atoms with van der Waals surface area (Å²) in [6.45, 7) is 2.23. The van der Waals surface area contributed by atoms with Crippen LogP contribution in [0.3, 0.4) is 0 Å². The Balaban J connectivity index is 1.94. The van der Waals surface area contributed by atoms with Crippen LogP contribution in [0.5, 0.6) is 0 Å². The minimum Gasteiger partial charge on any atom is -0.372 e. The van der Waals surface area contributed by atoms with E-state index in [2.05, 4.69) is 20.0 Å². The van der Waals surface area contributed by atoms with Crippen LogP contribution in [0.15, 0.2) is 24.3 Å². The van der Waals surface area contributed by atoms with Crippen LogP contribution in [0.25, 0.3) is 11.0 Å². The van der Waals surface area contributed by atoms with Crippen molar-refractivity contribution in [1.29, 1.82) is 0 Å². The molecule has 0 radical (unpaired) electrons. The summed E-state index contributed by atoms with van der Waals surface area (Å²) in [5.41, 5.74) is 1.65. The van der Waals surface area contributed by atoms with Crippen LogP contribution < -0.4 is 5.32 Å². The van der Waals surface area contributed by atoms with Gasteiger partial charge < -0.3 is 15.0 Å². The first-order chi connectivity index (χ1) is 11.3. The molecule has 132 valence electrons. The zero-order chi connectivity index (χ0) is 17.7. The highest BCUT2D eigenvalue weighted by Gasteiger charge is 2.27. The van der Waals surface area contributed by atoms with Gasteiger partial charge in [0.1, 0.15) is 12.4 Å². The number of nitrogens with zero attached hydrogens (tertiary/aromatic N) is 1. The van der Waals surface area contributed by atoms with Crippen molar-refractivity contribution < 1.29 is 22.7 Å². The quantitative estimate of drug-likeness (QED) is 0.758. The smallest absolute Gasteiger partial charge is 0.372 e. The summed E-state index contributed by atoms with van der Waals surface area (Å²) in [7, 11) is 0. The number of amides is 1. The Bertz CT molecular complexity index is 650. The molecule has 5 nitrogen and oxygen atoms in total. The van der Waals surface area contributed by atoms with Crippen molar-refractivity contribution in [2.75, 3.05) is 13.2 Å². The number of carbonyl (C=O) groups is 1. The number of hydrogen-bond donors (Lipinski definition) is 2. The fourth-order valence-corrected chi connectivity index (χ4v) is 2.27. The molecule has 8 heteroatoms. The molecular weight excluding hydrogens is 323 g/mol. The molecule has 1 amide bonds. The number of fused-ring (bicyclic) bond motifs is 1. The number of hydrogen-bond acceptors (Lipinski definition) is 3. The summed E-state index contributed by atoms with van der Waals surface area (Å²) >= 11 is 0. The van der Waals surface area contributed by atoms with Gasteiger partial charge >= 0.3 is 6.18 Å². The van der Waals surface area contributed by atoms with Gasteiger partial charge in [0, 0.05) is 6.42 Å². The number of carbonyl (C=O) groups excluding carboxylic acids is 1. The highest BCUT2D eigenvalue weighted by molar-refractivity contribution is 5.77. The van der Waals surface area contributed by atoms with Gasteiger partial charge in [-0.25, -0.2) is 4.98 Å². The second-order valence-corrected chi connectivity index (χ2v) is 5.85. The number of imidazole rings is 1. The number of nitrogens with one attached hydrogen (secondary N) is 2. The van der Waals surface area contributed by atoms with Gasteiger partial charge in [-0.05, 0) is 18.1 Å². The van der Waals surface area contributed by atoms with Crippen LogP contribution in [0.2, 0.25) is 0 Å². The highest BCUT2D eigenvalue weighted by Crippen LogP contribution is 2.22. The molecule has 0 spiro atoms. The fourth-order valence-electron chi connectivity index (χ4n) is 2.27. The standard InChI is InChI=1S/C16H20F3N3O2/c1-10(2)14(15-20-11-5-3-4-6-12(11)21-15)22-13(23)7-8-24-9-16(17,18)19/h3-6,10,14H,7-9H2,1-2H3,(H,20,21)(H,22,23).